The molecule has 1 heterocycles. The fraction of sp³-hybridized carbons (Fsp3) is 0.333. The van der Waals surface area contributed by atoms with E-state index in [2.05, 4.69) is 10.6 Å². The second kappa shape index (κ2) is 9.08. The Kier molecular flexibility index (Phi) is 6.81. The fourth-order valence-electron chi connectivity index (χ4n) is 2.12. The SMILES string of the molecule is CC(C)C(NC(=O)c1cccs1)C(=O)NCCOc1ccccc1. The van der Waals surface area contributed by atoms with E-state index in [-0.39, 0.29) is 17.7 Å². The van der Waals surface area contributed by atoms with Crippen LogP contribution in [0.25, 0.3) is 0 Å². The number of hydrogen-bond acceptors (Lipinski definition) is 4. The first kappa shape index (κ1) is 18.0. The predicted molar refractivity (Wildman–Crippen MR) is 95.4 cm³/mol. The van der Waals surface area contributed by atoms with E-state index in [1.54, 1.807) is 6.07 Å². The third-order valence-electron chi connectivity index (χ3n) is 3.39. The second-order valence-corrected chi connectivity index (χ2v) is 6.57. The van der Waals surface area contributed by atoms with Crippen LogP contribution in [0.1, 0.15) is 23.5 Å². The number of nitrogens with one attached hydrogen (secondary N) is 2. The Morgan fingerprint density at radius 2 is 1.88 bits per heavy atom. The molecule has 24 heavy (non-hydrogen) atoms. The standard InChI is InChI=1S/C18H22N2O3S/c1-13(2)16(20-17(21)15-9-6-12-24-15)18(22)19-10-11-23-14-7-4-3-5-8-14/h3-9,12-13,16H,10-11H2,1-2H3,(H,19,22)(H,20,21). The van der Waals surface area contributed by atoms with Gasteiger partial charge in [-0.1, -0.05) is 38.1 Å². The van der Waals surface area contributed by atoms with Crippen molar-refractivity contribution in [1.82, 2.24) is 10.6 Å². The highest BCUT2D eigenvalue weighted by atomic mass is 32.1. The number of carbonyl (C=O) groups excluding carboxylic acids is 2. The van der Waals surface area contributed by atoms with E-state index in [4.69, 9.17) is 4.74 Å². The molecule has 1 atom stereocenters. The lowest BCUT2D eigenvalue weighted by Gasteiger charge is -2.21. The Labute approximate surface area is 146 Å². The van der Waals surface area contributed by atoms with Crippen LogP contribution in [0, 0.1) is 5.92 Å². The first-order valence-electron chi connectivity index (χ1n) is 7.88. The molecular formula is C18H22N2O3S. The molecule has 0 saturated heterocycles. The zero-order valence-corrected chi connectivity index (χ0v) is 14.6. The molecule has 6 heteroatoms. The summed E-state index contributed by atoms with van der Waals surface area (Å²) in [6.07, 6.45) is 0. The van der Waals surface area contributed by atoms with Gasteiger partial charge in [0.25, 0.3) is 5.91 Å². The first-order valence-corrected chi connectivity index (χ1v) is 8.76. The summed E-state index contributed by atoms with van der Waals surface area (Å²) in [6.45, 7) is 4.56. The maximum Gasteiger partial charge on any atom is 0.262 e. The number of rotatable bonds is 8. The van der Waals surface area contributed by atoms with E-state index in [9.17, 15) is 9.59 Å². The average molecular weight is 346 g/mol. The Morgan fingerprint density at radius 3 is 2.50 bits per heavy atom. The van der Waals surface area contributed by atoms with E-state index in [0.717, 1.165) is 5.75 Å². The van der Waals surface area contributed by atoms with Gasteiger partial charge in [-0.05, 0) is 29.5 Å². The molecule has 0 aliphatic carbocycles. The van der Waals surface area contributed by atoms with Crippen molar-refractivity contribution in [2.75, 3.05) is 13.2 Å². The summed E-state index contributed by atoms with van der Waals surface area (Å²) < 4.78 is 5.54. The van der Waals surface area contributed by atoms with Crippen molar-refractivity contribution in [2.24, 2.45) is 5.92 Å². The number of ether oxygens (including phenoxy) is 1. The molecule has 2 amide bonds. The molecule has 1 aromatic carbocycles. The van der Waals surface area contributed by atoms with Crippen LogP contribution >= 0.6 is 11.3 Å². The number of para-hydroxylation sites is 1. The number of amides is 2. The molecule has 0 spiro atoms. The summed E-state index contributed by atoms with van der Waals surface area (Å²) >= 11 is 1.35. The van der Waals surface area contributed by atoms with Crippen LogP contribution in [0.4, 0.5) is 0 Å². The summed E-state index contributed by atoms with van der Waals surface area (Å²) in [7, 11) is 0. The third-order valence-corrected chi connectivity index (χ3v) is 4.26. The van der Waals surface area contributed by atoms with Crippen molar-refractivity contribution in [3.63, 3.8) is 0 Å². The van der Waals surface area contributed by atoms with Crippen molar-refractivity contribution in [1.29, 1.82) is 0 Å². The van der Waals surface area contributed by atoms with Crippen LogP contribution in [0.15, 0.2) is 47.8 Å². The molecule has 0 fully saturated rings. The first-order chi connectivity index (χ1) is 11.6. The maximum atomic E-state index is 12.3. The van der Waals surface area contributed by atoms with E-state index < -0.39 is 6.04 Å². The smallest absolute Gasteiger partial charge is 0.262 e. The fourth-order valence-corrected chi connectivity index (χ4v) is 2.75. The van der Waals surface area contributed by atoms with Gasteiger partial charge >= 0.3 is 0 Å². The highest BCUT2D eigenvalue weighted by Crippen LogP contribution is 2.10. The molecule has 2 N–H and O–H groups in total. The molecule has 0 radical (unpaired) electrons. The van der Waals surface area contributed by atoms with Crippen molar-refractivity contribution >= 4 is 23.2 Å². The van der Waals surface area contributed by atoms with Gasteiger partial charge in [0, 0.05) is 0 Å². The van der Waals surface area contributed by atoms with Crippen molar-refractivity contribution in [3.05, 3.63) is 52.7 Å². The van der Waals surface area contributed by atoms with Crippen LogP contribution in [-0.4, -0.2) is 31.0 Å². The van der Waals surface area contributed by atoms with Gasteiger partial charge in [0.05, 0.1) is 11.4 Å². The van der Waals surface area contributed by atoms with Gasteiger partial charge in [0.2, 0.25) is 5.91 Å². The summed E-state index contributed by atoms with van der Waals surface area (Å²) in [5.74, 6) is 0.327. The lowest BCUT2D eigenvalue weighted by atomic mass is 10.0. The lowest BCUT2D eigenvalue weighted by Crippen LogP contribution is -2.50. The van der Waals surface area contributed by atoms with Gasteiger partial charge in [-0.15, -0.1) is 11.3 Å². The lowest BCUT2D eigenvalue weighted by molar-refractivity contribution is -0.124. The molecule has 1 aromatic heterocycles. The Balaban J connectivity index is 1.79. The van der Waals surface area contributed by atoms with E-state index >= 15 is 0 Å². The van der Waals surface area contributed by atoms with Gasteiger partial charge in [0.1, 0.15) is 18.4 Å². The van der Waals surface area contributed by atoms with Crippen LogP contribution < -0.4 is 15.4 Å². The second-order valence-electron chi connectivity index (χ2n) is 5.62. The van der Waals surface area contributed by atoms with Gasteiger partial charge in [-0.2, -0.15) is 0 Å². The molecule has 0 aliphatic rings. The summed E-state index contributed by atoms with van der Waals surface area (Å²) in [4.78, 5) is 25.1. The molecule has 0 bridgehead atoms. The van der Waals surface area contributed by atoms with E-state index in [1.165, 1.54) is 11.3 Å². The molecule has 5 nitrogen and oxygen atoms in total. The van der Waals surface area contributed by atoms with Gasteiger partial charge < -0.3 is 15.4 Å². The van der Waals surface area contributed by atoms with Gasteiger partial charge in [0.15, 0.2) is 0 Å². The number of benzene rings is 1. The Morgan fingerprint density at radius 1 is 1.12 bits per heavy atom. The summed E-state index contributed by atoms with van der Waals surface area (Å²) in [6, 6.07) is 12.4. The minimum Gasteiger partial charge on any atom is -0.492 e. The highest BCUT2D eigenvalue weighted by molar-refractivity contribution is 7.12. The quantitative estimate of drug-likeness (QED) is 0.722. The molecule has 2 aromatic rings. The minimum atomic E-state index is -0.573. The van der Waals surface area contributed by atoms with Crippen LogP contribution in [-0.2, 0) is 4.79 Å². The average Bonchev–Trinajstić information content (AvgIpc) is 3.11. The van der Waals surface area contributed by atoms with Crippen molar-refractivity contribution in [3.8, 4) is 5.75 Å². The zero-order chi connectivity index (χ0) is 17.4. The third kappa shape index (κ3) is 5.38. The predicted octanol–water partition coefficient (Wildman–Crippen LogP) is 2.70. The van der Waals surface area contributed by atoms with E-state index in [1.807, 2.05) is 55.6 Å². The molecule has 0 aliphatic heterocycles. The number of carbonyl (C=O) groups is 2. The Hall–Kier alpha value is -2.34. The topological polar surface area (TPSA) is 67.4 Å². The molecule has 0 saturated carbocycles. The number of hydrogen-bond donors (Lipinski definition) is 2. The molecular weight excluding hydrogens is 324 g/mol. The van der Waals surface area contributed by atoms with Gasteiger partial charge in [-0.25, -0.2) is 0 Å². The molecule has 2 rings (SSSR count). The van der Waals surface area contributed by atoms with Crippen molar-refractivity contribution in [2.45, 2.75) is 19.9 Å². The minimum absolute atomic E-state index is 0.0102. The summed E-state index contributed by atoms with van der Waals surface area (Å²) in [5, 5.41) is 7.44. The van der Waals surface area contributed by atoms with Gasteiger partial charge in [-0.3, -0.25) is 9.59 Å². The molecule has 128 valence electrons. The van der Waals surface area contributed by atoms with Crippen LogP contribution in [0.5, 0.6) is 5.75 Å². The van der Waals surface area contributed by atoms with E-state index in [0.29, 0.717) is 18.0 Å². The molecule has 1 unspecified atom stereocenters. The number of thiophene rings is 1. The highest BCUT2D eigenvalue weighted by Gasteiger charge is 2.24. The van der Waals surface area contributed by atoms with Crippen molar-refractivity contribution < 1.29 is 14.3 Å². The Bertz CT molecular complexity index is 642. The monoisotopic (exact) mass is 346 g/mol. The maximum absolute atomic E-state index is 12.3. The largest absolute Gasteiger partial charge is 0.492 e. The van der Waals surface area contributed by atoms with Crippen LogP contribution in [0.3, 0.4) is 0 Å². The van der Waals surface area contributed by atoms with Crippen LogP contribution in [0.2, 0.25) is 0 Å². The normalized spacial score (nSPS) is 11.8. The zero-order valence-electron chi connectivity index (χ0n) is 13.8. The summed E-state index contributed by atoms with van der Waals surface area (Å²) in [5.41, 5.74) is 0.